The van der Waals surface area contributed by atoms with Gasteiger partial charge in [0.15, 0.2) is 0 Å². The molecule has 1 aliphatic carbocycles. The van der Waals surface area contributed by atoms with Crippen molar-refractivity contribution in [2.75, 3.05) is 51.3 Å². The molecule has 2 aromatic carbocycles. The zero-order chi connectivity index (χ0) is 28.3. The number of hydrogen-bond acceptors (Lipinski definition) is 4. The fraction of sp³-hybridized carbons (Fsp3) is 0.394. The number of hydrogen-bond donors (Lipinski definition) is 0. The molecule has 2 aliphatic rings. The first kappa shape index (κ1) is 28.4. The summed E-state index contributed by atoms with van der Waals surface area (Å²) >= 11 is 0. The second kappa shape index (κ2) is 12.0. The van der Waals surface area contributed by atoms with Crippen molar-refractivity contribution in [3.05, 3.63) is 70.6 Å². The maximum atomic E-state index is 13.5. The van der Waals surface area contributed by atoms with Gasteiger partial charge in [-0.05, 0) is 70.9 Å². The van der Waals surface area contributed by atoms with Crippen LogP contribution in [0.15, 0.2) is 52.9 Å². The molecule has 0 fully saturated rings. The van der Waals surface area contributed by atoms with E-state index in [0.717, 1.165) is 81.8 Å². The summed E-state index contributed by atoms with van der Waals surface area (Å²) in [5, 5.41) is 13.4. The number of amides is 1. The van der Waals surface area contributed by atoms with Crippen LogP contribution in [0, 0.1) is 13.8 Å². The lowest BCUT2D eigenvalue weighted by atomic mass is 9.89. The van der Waals surface area contributed by atoms with E-state index in [2.05, 4.69) is 75.3 Å². The van der Waals surface area contributed by atoms with Gasteiger partial charge in [-0.3, -0.25) is 4.79 Å². The van der Waals surface area contributed by atoms with Crippen LogP contribution in [-0.4, -0.2) is 57.2 Å². The van der Waals surface area contributed by atoms with Crippen LogP contribution in [0.4, 0.5) is 5.69 Å². The van der Waals surface area contributed by atoms with Crippen LogP contribution >= 0.6 is 0 Å². The highest BCUT2D eigenvalue weighted by molar-refractivity contribution is 6.09. The average molecular weight is 528 g/mol. The van der Waals surface area contributed by atoms with Gasteiger partial charge in [-0.15, -0.1) is 6.61 Å². The van der Waals surface area contributed by atoms with E-state index in [0.29, 0.717) is 5.56 Å². The largest absolute Gasteiger partial charge is 0.853 e. The van der Waals surface area contributed by atoms with E-state index >= 15 is 0 Å². The Morgan fingerprint density at radius 3 is 2.26 bits per heavy atom. The molecular formula is C33H41N3O3. The summed E-state index contributed by atoms with van der Waals surface area (Å²) in [5.41, 5.74) is 7.63. The minimum Gasteiger partial charge on any atom is -0.853 e. The standard InChI is InChI=1S/C33H41N3O3/c1-8-35(9-2)28-20-30-26(18-22(28)5)32(24-14-12-13-15-25(24)33(38)34(7)16-17-37)27-19-23(6)29(21-31(27)39-30)36(10-3)11-4/h12-15,18-21H,8-11,16-17H2,1-7H3. The molecule has 0 atom stereocenters. The van der Waals surface area contributed by atoms with Gasteiger partial charge in [-0.25, -0.2) is 4.58 Å². The molecule has 0 N–H and O–H groups in total. The minimum absolute atomic E-state index is 0.156. The zero-order valence-electron chi connectivity index (χ0n) is 24.4. The molecule has 0 unspecified atom stereocenters. The molecule has 0 aromatic heterocycles. The van der Waals surface area contributed by atoms with Crippen molar-refractivity contribution in [2.45, 2.75) is 41.5 Å². The number of rotatable bonds is 9. The summed E-state index contributed by atoms with van der Waals surface area (Å²) in [6.07, 6.45) is 0. The van der Waals surface area contributed by atoms with E-state index < -0.39 is 0 Å². The van der Waals surface area contributed by atoms with Gasteiger partial charge in [0.25, 0.3) is 5.91 Å². The first-order chi connectivity index (χ1) is 18.8. The Bertz CT molecular complexity index is 1530. The van der Waals surface area contributed by atoms with Gasteiger partial charge in [0.1, 0.15) is 24.4 Å². The normalized spacial score (nSPS) is 11.3. The van der Waals surface area contributed by atoms with Gasteiger partial charge < -0.3 is 19.3 Å². The third-order valence-corrected chi connectivity index (χ3v) is 7.76. The second-order valence-electron chi connectivity index (χ2n) is 10.1. The van der Waals surface area contributed by atoms with Crippen LogP contribution in [0.25, 0.3) is 33.4 Å². The van der Waals surface area contributed by atoms with Crippen molar-refractivity contribution in [3.8, 4) is 22.5 Å². The van der Waals surface area contributed by atoms with Crippen molar-refractivity contribution in [1.29, 1.82) is 0 Å². The topological polar surface area (TPSA) is 62.8 Å². The van der Waals surface area contributed by atoms with Crippen LogP contribution in [0.5, 0.6) is 0 Å². The Morgan fingerprint density at radius 1 is 0.923 bits per heavy atom. The highest BCUT2D eigenvalue weighted by Gasteiger charge is 2.25. The van der Waals surface area contributed by atoms with Crippen molar-refractivity contribution < 1.29 is 14.3 Å². The average Bonchev–Trinajstić information content (AvgIpc) is 2.94. The van der Waals surface area contributed by atoms with Gasteiger partial charge in [0.05, 0.1) is 6.07 Å². The SMILES string of the molecule is CCN(CC)c1cc2oc3cc(=[N+](CC)CC)c(C)cc-3c(-c3ccccc3C(=O)N(C)CC[O-])c2cc1C. The van der Waals surface area contributed by atoms with Gasteiger partial charge in [0, 0.05) is 66.1 Å². The third kappa shape index (κ3) is 5.30. The van der Waals surface area contributed by atoms with E-state index in [-0.39, 0.29) is 19.1 Å². The highest BCUT2D eigenvalue weighted by Crippen LogP contribution is 2.43. The Kier molecular flexibility index (Phi) is 8.76. The highest BCUT2D eigenvalue weighted by atomic mass is 16.3. The van der Waals surface area contributed by atoms with Crippen LogP contribution in [0.2, 0.25) is 0 Å². The fourth-order valence-corrected chi connectivity index (χ4v) is 5.61. The molecule has 2 aromatic rings. The number of aryl methyl sites for hydroxylation is 2. The van der Waals surface area contributed by atoms with E-state index in [9.17, 15) is 9.90 Å². The first-order valence-electron chi connectivity index (χ1n) is 14.1. The Hall–Kier alpha value is -3.64. The van der Waals surface area contributed by atoms with Crippen LogP contribution in [0.3, 0.4) is 0 Å². The van der Waals surface area contributed by atoms with Gasteiger partial charge in [0.2, 0.25) is 5.36 Å². The monoisotopic (exact) mass is 527 g/mol. The predicted octanol–water partition coefficient (Wildman–Crippen LogP) is 4.91. The number of carbonyl (C=O) groups is 1. The van der Waals surface area contributed by atoms with Gasteiger partial charge in [-0.1, -0.05) is 18.2 Å². The molecule has 1 heterocycles. The zero-order valence-corrected chi connectivity index (χ0v) is 24.4. The first-order valence-corrected chi connectivity index (χ1v) is 14.1. The quantitative estimate of drug-likeness (QED) is 0.229. The number of nitrogens with zero attached hydrogens (tertiary/aromatic N) is 3. The summed E-state index contributed by atoms with van der Waals surface area (Å²) in [5.74, 6) is 0.631. The van der Waals surface area contributed by atoms with E-state index in [4.69, 9.17) is 4.42 Å². The molecule has 1 amide bonds. The van der Waals surface area contributed by atoms with Crippen molar-refractivity contribution in [2.24, 2.45) is 0 Å². The lowest BCUT2D eigenvalue weighted by Gasteiger charge is -2.25. The van der Waals surface area contributed by atoms with Crippen molar-refractivity contribution in [3.63, 3.8) is 0 Å². The molecule has 0 saturated heterocycles. The van der Waals surface area contributed by atoms with Crippen molar-refractivity contribution in [1.82, 2.24) is 9.48 Å². The molecule has 6 heteroatoms. The summed E-state index contributed by atoms with van der Waals surface area (Å²) in [4.78, 5) is 17.4. The fourth-order valence-electron chi connectivity index (χ4n) is 5.61. The van der Waals surface area contributed by atoms with Crippen LogP contribution < -0.4 is 19.9 Å². The lowest BCUT2D eigenvalue weighted by molar-refractivity contribution is -0.367. The number of benzene rings is 3. The number of likely N-dealkylation sites (N-methyl/N-ethyl adjacent to an activating group) is 1. The van der Waals surface area contributed by atoms with Crippen molar-refractivity contribution >= 4 is 22.6 Å². The lowest BCUT2D eigenvalue weighted by Crippen LogP contribution is -2.33. The van der Waals surface area contributed by atoms with Gasteiger partial charge in [-0.2, -0.15) is 0 Å². The van der Waals surface area contributed by atoms with Crippen LogP contribution in [0.1, 0.15) is 49.2 Å². The Labute approximate surface area is 232 Å². The molecule has 206 valence electrons. The summed E-state index contributed by atoms with van der Waals surface area (Å²) in [7, 11) is 1.69. The molecule has 0 saturated carbocycles. The van der Waals surface area contributed by atoms with E-state index in [1.807, 2.05) is 24.3 Å². The minimum atomic E-state index is -0.332. The Balaban J connectivity index is 2.16. The maximum absolute atomic E-state index is 13.5. The molecule has 0 spiro atoms. The van der Waals surface area contributed by atoms with Crippen LogP contribution in [-0.2, 0) is 0 Å². The Morgan fingerprint density at radius 2 is 1.62 bits per heavy atom. The number of anilines is 1. The predicted molar refractivity (Wildman–Crippen MR) is 159 cm³/mol. The van der Waals surface area contributed by atoms with E-state index in [1.165, 1.54) is 4.90 Å². The smallest absolute Gasteiger partial charge is 0.254 e. The number of fused-ring (bicyclic) bond motifs is 2. The molecule has 0 radical (unpaired) electrons. The number of carbonyl (C=O) groups excluding carboxylic acids is 1. The summed E-state index contributed by atoms with van der Waals surface area (Å²) in [6.45, 7) is 16.4. The van der Waals surface area contributed by atoms with Gasteiger partial charge >= 0.3 is 0 Å². The molecule has 39 heavy (non-hydrogen) atoms. The van der Waals surface area contributed by atoms with E-state index in [1.54, 1.807) is 7.05 Å². The second-order valence-corrected chi connectivity index (χ2v) is 10.1. The maximum Gasteiger partial charge on any atom is 0.254 e. The molecular weight excluding hydrogens is 486 g/mol. The molecule has 6 nitrogen and oxygen atoms in total. The summed E-state index contributed by atoms with van der Waals surface area (Å²) < 4.78 is 9.01. The molecule has 1 aliphatic heterocycles. The molecule has 0 bridgehead atoms. The summed E-state index contributed by atoms with van der Waals surface area (Å²) in [6, 6.07) is 16.4. The third-order valence-electron chi connectivity index (χ3n) is 7.76. The molecule has 4 rings (SSSR count).